The lowest BCUT2D eigenvalue weighted by Gasteiger charge is -2.08. The first-order valence-corrected chi connectivity index (χ1v) is 8.96. The van der Waals surface area contributed by atoms with Crippen LogP contribution in [-0.2, 0) is 10.0 Å². The van der Waals surface area contributed by atoms with Crippen LogP contribution in [0.2, 0.25) is 0 Å². The van der Waals surface area contributed by atoms with Crippen molar-refractivity contribution in [2.24, 2.45) is 5.73 Å². The van der Waals surface area contributed by atoms with Crippen molar-refractivity contribution in [3.63, 3.8) is 0 Å². The van der Waals surface area contributed by atoms with E-state index in [4.69, 9.17) is 18.0 Å². The Morgan fingerprint density at radius 1 is 1.35 bits per heavy atom. The highest BCUT2D eigenvalue weighted by Gasteiger charge is 2.19. The third-order valence-electron chi connectivity index (χ3n) is 2.26. The van der Waals surface area contributed by atoms with Crippen molar-refractivity contribution in [1.82, 2.24) is 0 Å². The molecule has 0 unspecified atom stereocenters. The molecular weight excluding hydrogens is 434 g/mol. The molecule has 0 aliphatic heterocycles. The highest BCUT2D eigenvalue weighted by Crippen LogP contribution is 2.26. The molecule has 2 aromatic rings. The van der Waals surface area contributed by atoms with Crippen molar-refractivity contribution in [3.05, 3.63) is 44.6 Å². The molecule has 4 nitrogen and oxygen atoms in total. The van der Waals surface area contributed by atoms with Crippen LogP contribution in [0.1, 0.15) is 4.88 Å². The molecule has 0 fully saturated rings. The molecule has 20 heavy (non-hydrogen) atoms. The van der Waals surface area contributed by atoms with Gasteiger partial charge in [-0.25, -0.2) is 12.8 Å². The van der Waals surface area contributed by atoms with E-state index < -0.39 is 15.8 Å². The summed E-state index contributed by atoms with van der Waals surface area (Å²) in [6.45, 7) is 0. The van der Waals surface area contributed by atoms with Crippen LogP contribution in [-0.4, -0.2) is 13.4 Å². The van der Waals surface area contributed by atoms with Gasteiger partial charge in [0.1, 0.15) is 15.0 Å². The molecule has 0 bridgehead atoms. The zero-order chi connectivity index (χ0) is 14.9. The molecule has 0 spiro atoms. The second-order valence-corrected chi connectivity index (χ2v) is 8.31. The van der Waals surface area contributed by atoms with Crippen LogP contribution in [0.25, 0.3) is 0 Å². The maximum Gasteiger partial charge on any atom is 0.271 e. The molecule has 1 aromatic heterocycles. The van der Waals surface area contributed by atoms with E-state index in [2.05, 4.69) is 4.72 Å². The molecule has 0 atom stereocenters. The Hall–Kier alpha value is -0.780. The fourth-order valence-corrected chi connectivity index (χ4v) is 4.59. The number of hydrogen-bond acceptors (Lipinski definition) is 4. The minimum absolute atomic E-state index is 0.0976. The van der Waals surface area contributed by atoms with E-state index in [1.807, 2.05) is 22.6 Å². The summed E-state index contributed by atoms with van der Waals surface area (Å²) in [6, 6.07) is 6.79. The molecule has 0 saturated carbocycles. The lowest BCUT2D eigenvalue weighted by Crippen LogP contribution is -2.12. The van der Waals surface area contributed by atoms with E-state index >= 15 is 0 Å². The summed E-state index contributed by atoms with van der Waals surface area (Å²) in [7, 11) is -3.74. The number of nitrogens with two attached hydrogens (primary N) is 1. The molecule has 1 heterocycles. The molecule has 1 aromatic carbocycles. The highest BCUT2D eigenvalue weighted by molar-refractivity contribution is 14.1. The largest absolute Gasteiger partial charge is 0.389 e. The first-order chi connectivity index (χ1) is 9.29. The van der Waals surface area contributed by atoms with Crippen molar-refractivity contribution in [3.8, 4) is 0 Å². The van der Waals surface area contributed by atoms with Crippen LogP contribution in [0.3, 0.4) is 0 Å². The monoisotopic (exact) mass is 442 g/mol. The van der Waals surface area contributed by atoms with Crippen molar-refractivity contribution < 1.29 is 12.8 Å². The summed E-state index contributed by atoms with van der Waals surface area (Å²) in [5, 5.41) is 0. The highest BCUT2D eigenvalue weighted by atomic mass is 127. The molecule has 0 amide bonds. The Bertz CT molecular complexity index is 774. The predicted octanol–water partition coefficient (Wildman–Crippen LogP) is 2.93. The number of nitrogens with one attached hydrogen (secondary N) is 1. The third-order valence-corrected chi connectivity index (χ3v) is 6.48. The maximum absolute atomic E-state index is 13.0. The Labute approximate surface area is 138 Å². The molecule has 2 rings (SSSR count). The number of rotatable bonds is 4. The van der Waals surface area contributed by atoms with E-state index in [1.165, 1.54) is 24.3 Å². The van der Waals surface area contributed by atoms with Gasteiger partial charge in [0.05, 0.1) is 10.6 Å². The fraction of sp³-hybridized carbons (Fsp3) is 0. The topological polar surface area (TPSA) is 72.2 Å². The summed E-state index contributed by atoms with van der Waals surface area (Å²) >= 11 is 7.63. The standard InChI is InChI=1S/C11H8FIN2O2S3/c12-6-1-2-8(7(13)5-6)15-20(16,17)10-4-3-9(19-10)11(14)18/h1-5,15H,(H2,14,18). The zero-order valence-electron chi connectivity index (χ0n) is 9.76. The number of thiophene rings is 1. The predicted molar refractivity (Wildman–Crippen MR) is 90.1 cm³/mol. The Morgan fingerprint density at radius 2 is 2.05 bits per heavy atom. The Kier molecular flexibility index (Phi) is 4.62. The summed E-state index contributed by atoms with van der Waals surface area (Å²) < 4.78 is 40.3. The Balaban J connectivity index is 2.33. The van der Waals surface area contributed by atoms with Crippen molar-refractivity contribution in [1.29, 1.82) is 0 Å². The zero-order valence-corrected chi connectivity index (χ0v) is 14.4. The average molecular weight is 442 g/mol. The number of hydrogen-bond donors (Lipinski definition) is 2. The second kappa shape index (κ2) is 5.92. The molecule has 0 radical (unpaired) electrons. The molecule has 0 aliphatic carbocycles. The Morgan fingerprint density at radius 3 is 2.60 bits per heavy atom. The van der Waals surface area contributed by atoms with Crippen LogP contribution in [0.15, 0.2) is 34.5 Å². The van der Waals surface area contributed by atoms with Crippen LogP contribution < -0.4 is 10.5 Å². The molecule has 0 aliphatic rings. The lowest BCUT2D eigenvalue weighted by molar-refractivity contribution is 0.603. The van der Waals surface area contributed by atoms with Gasteiger partial charge in [-0.2, -0.15) is 0 Å². The summed E-state index contributed by atoms with van der Waals surface area (Å²) in [5.41, 5.74) is 5.76. The minimum Gasteiger partial charge on any atom is -0.389 e. The van der Waals surface area contributed by atoms with Gasteiger partial charge in [-0.1, -0.05) is 12.2 Å². The van der Waals surface area contributed by atoms with Gasteiger partial charge in [0.25, 0.3) is 10.0 Å². The van der Waals surface area contributed by atoms with Gasteiger partial charge in [0, 0.05) is 3.57 Å². The quantitative estimate of drug-likeness (QED) is 0.565. The number of anilines is 1. The van der Waals surface area contributed by atoms with E-state index in [0.717, 1.165) is 11.3 Å². The number of halogens is 2. The fourth-order valence-electron chi connectivity index (χ4n) is 1.36. The van der Waals surface area contributed by atoms with E-state index in [9.17, 15) is 12.8 Å². The van der Waals surface area contributed by atoms with Crippen LogP contribution in [0, 0.1) is 9.39 Å². The second-order valence-electron chi connectivity index (χ2n) is 3.71. The van der Waals surface area contributed by atoms with E-state index in [1.54, 1.807) is 6.07 Å². The SMILES string of the molecule is NC(=S)c1ccc(S(=O)(=O)Nc2ccc(F)cc2I)s1. The van der Waals surface area contributed by atoms with Gasteiger partial charge in [0.2, 0.25) is 0 Å². The minimum atomic E-state index is -3.74. The van der Waals surface area contributed by atoms with Gasteiger partial charge in [-0.3, -0.25) is 4.72 Å². The van der Waals surface area contributed by atoms with E-state index in [-0.39, 0.29) is 9.20 Å². The molecule has 106 valence electrons. The average Bonchev–Trinajstić information content (AvgIpc) is 2.83. The lowest BCUT2D eigenvalue weighted by atomic mass is 10.3. The van der Waals surface area contributed by atoms with Crippen LogP contribution in [0.4, 0.5) is 10.1 Å². The first kappa shape index (κ1) is 15.6. The summed E-state index contributed by atoms with van der Waals surface area (Å²) in [5.74, 6) is -0.427. The summed E-state index contributed by atoms with van der Waals surface area (Å²) in [4.78, 5) is 0.669. The van der Waals surface area contributed by atoms with Crippen LogP contribution >= 0.6 is 46.1 Å². The van der Waals surface area contributed by atoms with Crippen molar-refractivity contribution in [2.75, 3.05) is 4.72 Å². The van der Waals surface area contributed by atoms with Gasteiger partial charge >= 0.3 is 0 Å². The van der Waals surface area contributed by atoms with Crippen molar-refractivity contribution >= 4 is 66.8 Å². The molecule has 0 saturated heterocycles. The van der Waals surface area contributed by atoms with Crippen LogP contribution in [0.5, 0.6) is 0 Å². The van der Waals surface area contributed by atoms with Gasteiger partial charge in [-0.05, 0) is 52.9 Å². The third kappa shape index (κ3) is 3.45. The number of benzene rings is 1. The first-order valence-electron chi connectivity index (χ1n) is 5.17. The number of thiocarbonyl (C=S) groups is 1. The van der Waals surface area contributed by atoms with E-state index in [0.29, 0.717) is 14.1 Å². The molecule has 3 N–H and O–H groups in total. The smallest absolute Gasteiger partial charge is 0.271 e. The molecule has 9 heteroatoms. The normalized spacial score (nSPS) is 11.3. The van der Waals surface area contributed by atoms with Gasteiger partial charge < -0.3 is 5.73 Å². The van der Waals surface area contributed by atoms with Crippen molar-refractivity contribution in [2.45, 2.75) is 4.21 Å². The van der Waals surface area contributed by atoms with Gasteiger partial charge in [-0.15, -0.1) is 11.3 Å². The van der Waals surface area contributed by atoms with Gasteiger partial charge in [0.15, 0.2) is 0 Å². The summed E-state index contributed by atoms with van der Waals surface area (Å²) in [6.07, 6.45) is 0. The maximum atomic E-state index is 13.0. The number of sulfonamides is 1. The molecular formula is C11H8FIN2O2S3.